The number of ether oxygens (including phenoxy) is 1. The number of aliphatic imine (C=N–C) groups is 1. The Kier molecular flexibility index (Phi) is 10.3. The highest BCUT2D eigenvalue weighted by Gasteiger charge is 2.24. The second-order valence-electron chi connectivity index (χ2n) is 7.64. The maximum atomic E-state index is 5.51. The largest absolute Gasteiger partial charge is 0.381 e. The van der Waals surface area contributed by atoms with Crippen LogP contribution in [0.25, 0.3) is 0 Å². The normalized spacial score (nSPS) is 22.9. The Morgan fingerprint density at radius 2 is 1.96 bits per heavy atom. The smallest absolute Gasteiger partial charge is 0.191 e. The molecule has 6 nitrogen and oxygen atoms in total. The molecule has 1 unspecified atom stereocenters. The molecular formula is C20H41N5O. The van der Waals surface area contributed by atoms with E-state index in [1.807, 2.05) is 0 Å². The van der Waals surface area contributed by atoms with Crippen molar-refractivity contribution in [2.24, 2.45) is 10.9 Å². The molecule has 2 fully saturated rings. The van der Waals surface area contributed by atoms with Crippen LogP contribution in [0.2, 0.25) is 0 Å². The van der Waals surface area contributed by atoms with Gasteiger partial charge in [-0.3, -0.25) is 4.99 Å². The lowest BCUT2D eigenvalue weighted by Crippen LogP contribution is -2.49. The van der Waals surface area contributed by atoms with Crippen LogP contribution in [0.15, 0.2) is 4.99 Å². The summed E-state index contributed by atoms with van der Waals surface area (Å²) in [5.41, 5.74) is 0. The zero-order chi connectivity index (χ0) is 18.6. The number of hydrogen-bond donors (Lipinski definition) is 2. The minimum Gasteiger partial charge on any atom is -0.381 e. The predicted molar refractivity (Wildman–Crippen MR) is 110 cm³/mol. The van der Waals surface area contributed by atoms with Gasteiger partial charge in [0.05, 0.1) is 13.2 Å². The van der Waals surface area contributed by atoms with Crippen LogP contribution in [0, 0.1) is 5.92 Å². The Morgan fingerprint density at radius 1 is 1.15 bits per heavy atom. The predicted octanol–water partition coefficient (Wildman–Crippen LogP) is 1.77. The van der Waals surface area contributed by atoms with Crippen LogP contribution in [0.4, 0.5) is 0 Å². The minimum atomic E-state index is 0.543. The summed E-state index contributed by atoms with van der Waals surface area (Å²) in [6, 6.07) is 0.543. The number of likely N-dealkylation sites (N-methyl/N-ethyl adjacent to an activating group) is 1. The van der Waals surface area contributed by atoms with E-state index < -0.39 is 0 Å². The third-order valence-electron chi connectivity index (χ3n) is 5.49. The van der Waals surface area contributed by atoms with Crippen LogP contribution in [-0.4, -0.2) is 87.4 Å². The fourth-order valence-electron chi connectivity index (χ4n) is 3.91. The highest BCUT2D eigenvalue weighted by Crippen LogP contribution is 2.17. The van der Waals surface area contributed by atoms with E-state index in [2.05, 4.69) is 41.2 Å². The lowest BCUT2D eigenvalue weighted by molar-refractivity contribution is 0.150. The first-order chi connectivity index (χ1) is 12.7. The van der Waals surface area contributed by atoms with Crippen molar-refractivity contribution in [1.29, 1.82) is 0 Å². The second-order valence-corrected chi connectivity index (χ2v) is 7.64. The van der Waals surface area contributed by atoms with Crippen molar-refractivity contribution >= 4 is 5.96 Å². The third-order valence-corrected chi connectivity index (χ3v) is 5.49. The molecule has 0 bridgehead atoms. The summed E-state index contributed by atoms with van der Waals surface area (Å²) in [7, 11) is 0. The maximum Gasteiger partial charge on any atom is 0.191 e. The zero-order valence-corrected chi connectivity index (χ0v) is 17.3. The fourth-order valence-corrected chi connectivity index (χ4v) is 3.91. The molecule has 0 radical (unpaired) electrons. The van der Waals surface area contributed by atoms with E-state index in [0.717, 1.165) is 51.3 Å². The van der Waals surface area contributed by atoms with E-state index in [-0.39, 0.29) is 0 Å². The van der Waals surface area contributed by atoms with Gasteiger partial charge in [-0.15, -0.1) is 0 Å². The molecule has 2 saturated heterocycles. The molecule has 0 saturated carbocycles. The monoisotopic (exact) mass is 367 g/mol. The molecule has 26 heavy (non-hydrogen) atoms. The Bertz CT molecular complexity index is 390. The average Bonchev–Trinajstić information content (AvgIpc) is 3.15. The number of nitrogens with one attached hydrogen (secondary N) is 2. The summed E-state index contributed by atoms with van der Waals surface area (Å²) in [6.45, 7) is 17.2. The molecule has 6 heteroatoms. The molecule has 0 spiro atoms. The van der Waals surface area contributed by atoms with Crippen LogP contribution in [0.5, 0.6) is 0 Å². The molecule has 2 heterocycles. The molecular weight excluding hydrogens is 326 g/mol. The van der Waals surface area contributed by atoms with Gasteiger partial charge in [0.15, 0.2) is 5.96 Å². The molecule has 1 atom stereocenters. The van der Waals surface area contributed by atoms with Crippen LogP contribution in [0.3, 0.4) is 0 Å². The van der Waals surface area contributed by atoms with E-state index in [0.29, 0.717) is 6.04 Å². The Labute approximate surface area is 160 Å². The summed E-state index contributed by atoms with van der Waals surface area (Å²) < 4.78 is 5.51. The van der Waals surface area contributed by atoms with Crippen molar-refractivity contribution < 1.29 is 4.74 Å². The van der Waals surface area contributed by atoms with Gasteiger partial charge in [-0.25, -0.2) is 0 Å². The van der Waals surface area contributed by atoms with Gasteiger partial charge in [0.25, 0.3) is 0 Å². The van der Waals surface area contributed by atoms with Crippen LogP contribution < -0.4 is 10.6 Å². The van der Waals surface area contributed by atoms with Gasteiger partial charge in [-0.2, -0.15) is 0 Å². The quantitative estimate of drug-likeness (QED) is 0.455. The van der Waals surface area contributed by atoms with Crippen LogP contribution in [-0.2, 0) is 4.74 Å². The van der Waals surface area contributed by atoms with Crippen LogP contribution in [0.1, 0.15) is 46.5 Å². The van der Waals surface area contributed by atoms with Gasteiger partial charge in [0.2, 0.25) is 0 Å². The Balaban J connectivity index is 1.70. The average molecular weight is 368 g/mol. The number of piperidine rings is 1. The SMILES string of the molecule is CCCN(CC)CCN=C(NCC)NC1CCN(CC2CCOC2)CC1. The number of nitrogens with zero attached hydrogens (tertiary/aromatic N) is 3. The second kappa shape index (κ2) is 12.5. The molecule has 2 rings (SSSR count). The summed E-state index contributed by atoms with van der Waals surface area (Å²) in [5.74, 6) is 1.74. The van der Waals surface area contributed by atoms with E-state index in [1.165, 1.54) is 51.9 Å². The lowest BCUT2D eigenvalue weighted by atomic mass is 10.0. The summed E-state index contributed by atoms with van der Waals surface area (Å²) >= 11 is 0. The summed E-state index contributed by atoms with van der Waals surface area (Å²) in [5, 5.41) is 7.08. The number of rotatable bonds is 10. The molecule has 0 amide bonds. The van der Waals surface area contributed by atoms with Gasteiger partial charge in [0.1, 0.15) is 0 Å². The first-order valence-corrected chi connectivity index (χ1v) is 10.8. The van der Waals surface area contributed by atoms with Gasteiger partial charge in [-0.1, -0.05) is 13.8 Å². The van der Waals surface area contributed by atoms with Crippen molar-refractivity contribution in [3.63, 3.8) is 0 Å². The molecule has 2 aliphatic rings. The van der Waals surface area contributed by atoms with Crippen LogP contribution >= 0.6 is 0 Å². The number of hydrogen-bond acceptors (Lipinski definition) is 4. The summed E-state index contributed by atoms with van der Waals surface area (Å²) in [4.78, 5) is 9.89. The molecule has 152 valence electrons. The topological polar surface area (TPSA) is 52.1 Å². The fraction of sp³-hybridized carbons (Fsp3) is 0.950. The molecule has 2 aliphatic heterocycles. The van der Waals surface area contributed by atoms with Crippen molar-refractivity contribution in [1.82, 2.24) is 20.4 Å². The number of guanidine groups is 1. The lowest BCUT2D eigenvalue weighted by Gasteiger charge is -2.34. The third kappa shape index (κ3) is 7.80. The summed E-state index contributed by atoms with van der Waals surface area (Å²) in [6.07, 6.45) is 4.85. The zero-order valence-electron chi connectivity index (χ0n) is 17.3. The van der Waals surface area contributed by atoms with E-state index in [1.54, 1.807) is 0 Å². The molecule has 0 aromatic rings. The van der Waals surface area contributed by atoms with Crippen molar-refractivity contribution in [2.45, 2.75) is 52.5 Å². The van der Waals surface area contributed by atoms with Gasteiger partial charge in [-0.05, 0) is 51.6 Å². The van der Waals surface area contributed by atoms with E-state index >= 15 is 0 Å². The highest BCUT2D eigenvalue weighted by molar-refractivity contribution is 5.80. The molecule has 2 N–H and O–H groups in total. The minimum absolute atomic E-state index is 0.543. The van der Waals surface area contributed by atoms with Gasteiger partial charge < -0.3 is 25.2 Å². The van der Waals surface area contributed by atoms with Crippen molar-refractivity contribution in [2.75, 3.05) is 65.6 Å². The van der Waals surface area contributed by atoms with Crippen molar-refractivity contribution in [3.05, 3.63) is 0 Å². The van der Waals surface area contributed by atoms with Gasteiger partial charge >= 0.3 is 0 Å². The molecule has 0 aromatic carbocycles. The van der Waals surface area contributed by atoms with E-state index in [4.69, 9.17) is 9.73 Å². The molecule has 0 aromatic heterocycles. The standard InChI is InChI=1S/C20H41N5O/c1-4-11-24(6-3)14-10-22-20(21-5-2)23-19-7-12-25(13-8-19)16-18-9-15-26-17-18/h18-19H,4-17H2,1-3H3,(H2,21,22,23). The first kappa shape index (κ1) is 21.5. The highest BCUT2D eigenvalue weighted by atomic mass is 16.5. The van der Waals surface area contributed by atoms with E-state index in [9.17, 15) is 0 Å². The molecule has 0 aliphatic carbocycles. The Hall–Kier alpha value is -0.850. The Morgan fingerprint density at radius 3 is 2.58 bits per heavy atom. The van der Waals surface area contributed by atoms with Crippen molar-refractivity contribution in [3.8, 4) is 0 Å². The van der Waals surface area contributed by atoms with Gasteiger partial charge in [0, 0.05) is 45.4 Å². The number of likely N-dealkylation sites (tertiary alicyclic amines) is 1. The first-order valence-electron chi connectivity index (χ1n) is 10.8. The maximum absolute atomic E-state index is 5.51.